The van der Waals surface area contributed by atoms with Crippen LogP contribution in [0.25, 0.3) is 0 Å². The number of hydrazine groups is 1. The number of hydrogen-bond donors (Lipinski definition) is 2. The van der Waals surface area contributed by atoms with Crippen molar-refractivity contribution in [2.45, 2.75) is 25.8 Å². The third-order valence-electron chi connectivity index (χ3n) is 3.15. The van der Waals surface area contributed by atoms with E-state index >= 15 is 0 Å². The number of nitrogens with two attached hydrogens (primary N) is 1. The molecule has 2 aromatic heterocycles. The van der Waals surface area contributed by atoms with Gasteiger partial charge in [0.05, 0.1) is 27.6 Å². The van der Waals surface area contributed by atoms with Gasteiger partial charge in [0.15, 0.2) is 0 Å². The second-order valence-corrected chi connectivity index (χ2v) is 5.16. The second kappa shape index (κ2) is 6.27. The molecule has 0 aliphatic carbocycles. The smallest absolute Gasteiger partial charge is 0.0766 e. The van der Waals surface area contributed by atoms with Crippen molar-refractivity contribution in [3.05, 3.63) is 46.0 Å². The van der Waals surface area contributed by atoms with Crippen LogP contribution in [0.4, 0.5) is 0 Å². The summed E-state index contributed by atoms with van der Waals surface area (Å²) in [6, 6.07) is 5.79. The number of aromatic nitrogens is 3. The van der Waals surface area contributed by atoms with Gasteiger partial charge in [0.25, 0.3) is 0 Å². The van der Waals surface area contributed by atoms with E-state index in [0.29, 0.717) is 0 Å². The number of aryl methyl sites for hydroxylation is 2. The first-order valence-corrected chi connectivity index (χ1v) is 7.04. The van der Waals surface area contributed by atoms with E-state index in [4.69, 9.17) is 5.84 Å². The van der Waals surface area contributed by atoms with Crippen LogP contribution in [0.2, 0.25) is 0 Å². The maximum Gasteiger partial charge on any atom is 0.0766 e. The largest absolute Gasteiger partial charge is 0.271 e. The quantitative estimate of drug-likeness (QED) is 0.651. The van der Waals surface area contributed by atoms with Gasteiger partial charge < -0.3 is 0 Å². The molecule has 19 heavy (non-hydrogen) atoms. The molecule has 2 rings (SSSR count). The highest BCUT2D eigenvalue weighted by molar-refractivity contribution is 9.10. The third-order valence-corrected chi connectivity index (χ3v) is 4.06. The lowest BCUT2D eigenvalue weighted by Gasteiger charge is -2.15. The van der Waals surface area contributed by atoms with Crippen molar-refractivity contribution in [2.24, 2.45) is 12.9 Å². The van der Waals surface area contributed by atoms with Gasteiger partial charge >= 0.3 is 0 Å². The number of hydrogen-bond acceptors (Lipinski definition) is 4. The average Bonchev–Trinajstić information content (AvgIpc) is 2.72. The molecule has 0 aliphatic heterocycles. The van der Waals surface area contributed by atoms with Gasteiger partial charge in [-0.2, -0.15) is 5.10 Å². The van der Waals surface area contributed by atoms with Crippen LogP contribution in [0.1, 0.15) is 30.0 Å². The molecule has 3 N–H and O–H groups in total. The third kappa shape index (κ3) is 3.02. The van der Waals surface area contributed by atoms with E-state index in [1.165, 1.54) is 0 Å². The zero-order valence-electron chi connectivity index (χ0n) is 11.1. The van der Waals surface area contributed by atoms with Crippen LogP contribution in [0, 0.1) is 0 Å². The van der Waals surface area contributed by atoms with Gasteiger partial charge in [-0.15, -0.1) is 0 Å². The number of pyridine rings is 1. The van der Waals surface area contributed by atoms with Gasteiger partial charge in [-0.1, -0.05) is 13.0 Å². The fourth-order valence-corrected chi connectivity index (χ4v) is 2.84. The van der Waals surface area contributed by atoms with Gasteiger partial charge in [-0.05, 0) is 34.5 Å². The van der Waals surface area contributed by atoms with Gasteiger partial charge in [0.2, 0.25) is 0 Å². The summed E-state index contributed by atoms with van der Waals surface area (Å²) in [6.07, 6.45) is 3.41. The molecule has 0 fully saturated rings. The molecule has 0 radical (unpaired) electrons. The number of nitrogens with zero attached hydrogens (tertiary/aromatic N) is 3. The minimum Gasteiger partial charge on any atom is -0.271 e. The Morgan fingerprint density at radius 3 is 2.79 bits per heavy atom. The van der Waals surface area contributed by atoms with Crippen molar-refractivity contribution in [1.29, 1.82) is 0 Å². The van der Waals surface area contributed by atoms with E-state index in [0.717, 1.165) is 34.4 Å². The van der Waals surface area contributed by atoms with Crippen LogP contribution in [-0.4, -0.2) is 14.8 Å². The topological polar surface area (TPSA) is 68.8 Å². The molecule has 0 saturated heterocycles. The molecule has 6 heteroatoms. The molecule has 0 amide bonds. The molecule has 102 valence electrons. The minimum atomic E-state index is -0.0300. The fourth-order valence-electron chi connectivity index (χ4n) is 2.07. The van der Waals surface area contributed by atoms with Crippen LogP contribution < -0.4 is 11.3 Å². The number of halogens is 1. The maximum atomic E-state index is 5.66. The Labute approximate surface area is 121 Å². The zero-order valence-corrected chi connectivity index (χ0v) is 12.7. The van der Waals surface area contributed by atoms with E-state index in [1.807, 2.05) is 29.9 Å². The zero-order chi connectivity index (χ0) is 13.8. The van der Waals surface area contributed by atoms with Crippen molar-refractivity contribution in [3.63, 3.8) is 0 Å². The van der Waals surface area contributed by atoms with Gasteiger partial charge in [-0.25, -0.2) is 0 Å². The van der Waals surface area contributed by atoms with Crippen LogP contribution >= 0.6 is 15.9 Å². The van der Waals surface area contributed by atoms with E-state index in [-0.39, 0.29) is 6.04 Å². The van der Waals surface area contributed by atoms with E-state index < -0.39 is 0 Å². The summed E-state index contributed by atoms with van der Waals surface area (Å²) >= 11 is 3.62. The summed E-state index contributed by atoms with van der Waals surface area (Å²) in [5.74, 6) is 5.66. The van der Waals surface area contributed by atoms with Gasteiger partial charge in [0, 0.05) is 19.7 Å². The molecule has 0 saturated carbocycles. The Balaban J connectivity index is 2.26. The van der Waals surface area contributed by atoms with Gasteiger partial charge in [0.1, 0.15) is 0 Å². The molecule has 0 aromatic carbocycles. The maximum absolute atomic E-state index is 5.66. The van der Waals surface area contributed by atoms with Crippen LogP contribution in [0.3, 0.4) is 0 Å². The lowest BCUT2D eigenvalue weighted by atomic mass is 10.1. The second-order valence-electron chi connectivity index (χ2n) is 4.36. The molecular weight excluding hydrogens is 306 g/mol. The van der Waals surface area contributed by atoms with Crippen molar-refractivity contribution >= 4 is 15.9 Å². The fraction of sp³-hybridized carbons (Fsp3) is 0.385. The first-order valence-electron chi connectivity index (χ1n) is 6.24. The molecule has 1 atom stereocenters. The molecule has 0 aliphatic rings. The summed E-state index contributed by atoms with van der Waals surface area (Å²) in [4.78, 5) is 4.34. The SMILES string of the molecule is CCc1nn(C)c(CC(NN)c2ccccn2)c1Br. The Morgan fingerprint density at radius 2 is 2.26 bits per heavy atom. The minimum absolute atomic E-state index is 0.0300. The van der Waals surface area contributed by atoms with Crippen molar-refractivity contribution < 1.29 is 0 Å². The monoisotopic (exact) mass is 323 g/mol. The summed E-state index contributed by atoms with van der Waals surface area (Å²) in [5, 5.41) is 4.49. The highest BCUT2D eigenvalue weighted by Gasteiger charge is 2.18. The molecule has 2 heterocycles. The first-order chi connectivity index (χ1) is 9.17. The van der Waals surface area contributed by atoms with Crippen LogP contribution in [0.15, 0.2) is 28.9 Å². The highest BCUT2D eigenvalue weighted by Crippen LogP contribution is 2.25. The predicted octanol–water partition coefficient (Wildman–Crippen LogP) is 1.89. The summed E-state index contributed by atoms with van der Waals surface area (Å²) in [7, 11) is 1.95. The first kappa shape index (κ1) is 14.2. The highest BCUT2D eigenvalue weighted by atomic mass is 79.9. The molecule has 2 aromatic rings. The molecule has 0 spiro atoms. The van der Waals surface area contributed by atoms with E-state index in [1.54, 1.807) is 6.20 Å². The lowest BCUT2D eigenvalue weighted by Crippen LogP contribution is -2.30. The van der Waals surface area contributed by atoms with Gasteiger partial charge in [-0.3, -0.25) is 20.9 Å². The van der Waals surface area contributed by atoms with Crippen LogP contribution in [0.5, 0.6) is 0 Å². The molecular formula is C13H18BrN5. The summed E-state index contributed by atoms with van der Waals surface area (Å²) in [5.41, 5.74) is 5.93. The Kier molecular flexibility index (Phi) is 4.68. The van der Waals surface area contributed by atoms with Crippen molar-refractivity contribution in [1.82, 2.24) is 20.2 Å². The predicted molar refractivity (Wildman–Crippen MR) is 78.3 cm³/mol. The summed E-state index contributed by atoms with van der Waals surface area (Å²) < 4.78 is 2.96. The van der Waals surface area contributed by atoms with Crippen molar-refractivity contribution in [2.75, 3.05) is 0 Å². The van der Waals surface area contributed by atoms with Crippen LogP contribution in [-0.2, 0) is 19.9 Å². The Bertz CT molecular complexity index is 537. The Hall–Kier alpha value is -1.24. The normalized spacial score (nSPS) is 12.6. The van der Waals surface area contributed by atoms with E-state index in [9.17, 15) is 0 Å². The average molecular weight is 324 g/mol. The number of nitrogens with one attached hydrogen (secondary N) is 1. The summed E-state index contributed by atoms with van der Waals surface area (Å²) in [6.45, 7) is 2.09. The molecule has 5 nitrogen and oxygen atoms in total. The van der Waals surface area contributed by atoms with E-state index in [2.05, 4.69) is 38.4 Å². The Morgan fingerprint density at radius 1 is 1.47 bits per heavy atom. The molecule has 1 unspecified atom stereocenters. The van der Waals surface area contributed by atoms with Crippen molar-refractivity contribution in [3.8, 4) is 0 Å². The number of rotatable bonds is 5. The molecule has 0 bridgehead atoms. The lowest BCUT2D eigenvalue weighted by molar-refractivity contribution is 0.517. The standard InChI is InChI=1S/C13H18BrN5/c1-3-9-13(14)12(19(2)18-9)8-11(17-15)10-6-4-5-7-16-10/h4-7,11,17H,3,8,15H2,1-2H3.